The van der Waals surface area contributed by atoms with Crippen LogP contribution in [0.1, 0.15) is 5.82 Å². The summed E-state index contributed by atoms with van der Waals surface area (Å²) in [4.78, 5) is 4.03. The van der Waals surface area contributed by atoms with E-state index in [0.29, 0.717) is 24.4 Å². The number of nitrogens with two attached hydrogens (primary N) is 1. The summed E-state index contributed by atoms with van der Waals surface area (Å²) >= 11 is 0. The Balaban J connectivity index is 2.33. The summed E-state index contributed by atoms with van der Waals surface area (Å²) in [5.41, 5.74) is 5.66. The fourth-order valence-corrected chi connectivity index (χ4v) is 1.23. The lowest BCUT2D eigenvalue weighted by atomic mass is 10.2. The van der Waals surface area contributed by atoms with Gasteiger partial charge in [0.1, 0.15) is 5.82 Å². The van der Waals surface area contributed by atoms with Crippen LogP contribution in [0.2, 0.25) is 0 Å². The van der Waals surface area contributed by atoms with E-state index in [1.807, 2.05) is 0 Å². The zero-order valence-electron chi connectivity index (χ0n) is 7.98. The van der Waals surface area contributed by atoms with Crippen LogP contribution in [0, 0.1) is 5.82 Å². The van der Waals surface area contributed by atoms with Gasteiger partial charge in [0.15, 0.2) is 5.82 Å². The van der Waals surface area contributed by atoms with Crippen LogP contribution in [0.15, 0.2) is 28.8 Å². The predicted molar refractivity (Wildman–Crippen MR) is 52.5 cm³/mol. The van der Waals surface area contributed by atoms with E-state index in [9.17, 15) is 4.39 Å². The lowest BCUT2D eigenvalue weighted by Crippen LogP contribution is -2.03. The van der Waals surface area contributed by atoms with Crippen molar-refractivity contribution in [2.24, 2.45) is 5.73 Å². The van der Waals surface area contributed by atoms with Crippen LogP contribution in [0.25, 0.3) is 11.5 Å². The molecule has 2 N–H and O–H groups in total. The Morgan fingerprint density at radius 3 is 2.87 bits per heavy atom. The molecule has 0 amide bonds. The first kappa shape index (κ1) is 9.79. The van der Waals surface area contributed by atoms with Crippen LogP contribution in [-0.2, 0) is 6.42 Å². The third-order valence-electron chi connectivity index (χ3n) is 1.94. The lowest BCUT2D eigenvalue weighted by molar-refractivity contribution is 0.420. The lowest BCUT2D eigenvalue weighted by Gasteiger charge is -1.94. The molecule has 4 nitrogen and oxygen atoms in total. The summed E-state index contributed by atoms with van der Waals surface area (Å²) in [6, 6.07) is 6.26. The summed E-state index contributed by atoms with van der Waals surface area (Å²) in [6.45, 7) is 0.441. The first-order valence-corrected chi connectivity index (χ1v) is 4.59. The smallest absolute Gasteiger partial charge is 0.260 e. The average molecular weight is 207 g/mol. The van der Waals surface area contributed by atoms with Crippen LogP contribution < -0.4 is 5.73 Å². The van der Waals surface area contributed by atoms with Gasteiger partial charge >= 0.3 is 0 Å². The maximum absolute atomic E-state index is 13.3. The van der Waals surface area contributed by atoms with E-state index in [0.717, 1.165) is 0 Å². The quantitative estimate of drug-likeness (QED) is 0.825. The van der Waals surface area contributed by atoms with E-state index >= 15 is 0 Å². The molecule has 0 fully saturated rings. The minimum Gasteiger partial charge on any atom is -0.334 e. The maximum Gasteiger partial charge on any atom is 0.260 e. The number of rotatable bonds is 3. The molecular formula is C10H10FN3O. The number of nitrogens with zero attached hydrogens (tertiary/aromatic N) is 2. The largest absolute Gasteiger partial charge is 0.334 e. The molecule has 15 heavy (non-hydrogen) atoms. The fraction of sp³-hybridized carbons (Fsp3) is 0.200. The van der Waals surface area contributed by atoms with Gasteiger partial charge in [0, 0.05) is 6.42 Å². The Labute approximate surface area is 85.9 Å². The number of aromatic nitrogens is 2. The van der Waals surface area contributed by atoms with Crippen molar-refractivity contribution >= 4 is 0 Å². The molecule has 0 bridgehead atoms. The van der Waals surface area contributed by atoms with E-state index in [1.54, 1.807) is 18.2 Å². The summed E-state index contributed by atoms with van der Waals surface area (Å²) in [6.07, 6.45) is 0.526. The number of hydrogen-bond acceptors (Lipinski definition) is 4. The van der Waals surface area contributed by atoms with Crippen molar-refractivity contribution < 1.29 is 8.91 Å². The summed E-state index contributed by atoms with van der Waals surface area (Å²) in [5.74, 6) is 0.313. The Hall–Kier alpha value is -1.75. The fourth-order valence-electron chi connectivity index (χ4n) is 1.23. The molecule has 0 saturated carbocycles. The van der Waals surface area contributed by atoms with Crippen molar-refractivity contribution in [3.63, 3.8) is 0 Å². The van der Waals surface area contributed by atoms with Crippen LogP contribution in [0.5, 0.6) is 0 Å². The third kappa shape index (κ3) is 2.02. The molecule has 5 heteroatoms. The van der Waals surface area contributed by atoms with E-state index < -0.39 is 0 Å². The highest BCUT2D eigenvalue weighted by Gasteiger charge is 2.11. The van der Waals surface area contributed by atoms with Crippen molar-refractivity contribution in [3.8, 4) is 11.5 Å². The van der Waals surface area contributed by atoms with Crippen LogP contribution in [-0.4, -0.2) is 16.7 Å². The summed E-state index contributed by atoms with van der Waals surface area (Å²) < 4.78 is 18.2. The molecule has 0 aliphatic carbocycles. The van der Waals surface area contributed by atoms with Gasteiger partial charge in [0.25, 0.3) is 5.89 Å². The molecule has 0 radical (unpaired) electrons. The molecule has 0 spiro atoms. The van der Waals surface area contributed by atoms with Gasteiger partial charge in [-0.1, -0.05) is 17.3 Å². The summed E-state index contributed by atoms with van der Waals surface area (Å²) in [5, 5.41) is 3.69. The van der Waals surface area contributed by atoms with Gasteiger partial charge < -0.3 is 10.3 Å². The minimum atomic E-state index is -0.375. The molecule has 2 aromatic rings. The number of benzene rings is 1. The van der Waals surface area contributed by atoms with E-state index in [-0.39, 0.29) is 11.7 Å². The summed E-state index contributed by atoms with van der Waals surface area (Å²) in [7, 11) is 0. The van der Waals surface area contributed by atoms with Gasteiger partial charge in [-0.2, -0.15) is 4.98 Å². The van der Waals surface area contributed by atoms with Crippen LogP contribution in [0.3, 0.4) is 0 Å². The topological polar surface area (TPSA) is 64.9 Å². The molecular weight excluding hydrogens is 197 g/mol. The maximum atomic E-state index is 13.3. The molecule has 2 rings (SSSR count). The zero-order valence-corrected chi connectivity index (χ0v) is 7.98. The highest BCUT2D eigenvalue weighted by Crippen LogP contribution is 2.20. The molecule has 1 heterocycles. The van der Waals surface area contributed by atoms with Gasteiger partial charge in [-0.05, 0) is 18.7 Å². The molecule has 0 atom stereocenters. The molecule has 78 valence electrons. The number of hydrogen-bond donors (Lipinski definition) is 1. The van der Waals surface area contributed by atoms with E-state index in [4.69, 9.17) is 10.3 Å². The van der Waals surface area contributed by atoms with Crippen LogP contribution in [0.4, 0.5) is 4.39 Å². The van der Waals surface area contributed by atoms with E-state index in [1.165, 1.54) is 6.07 Å². The van der Waals surface area contributed by atoms with Crippen molar-refractivity contribution in [2.45, 2.75) is 6.42 Å². The van der Waals surface area contributed by atoms with Crippen molar-refractivity contribution in [1.82, 2.24) is 10.1 Å². The molecule has 0 aliphatic rings. The number of halogens is 1. The monoisotopic (exact) mass is 207 g/mol. The van der Waals surface area contributed by atoms with Crippen LogP contribution >= 0.6 is 0 Å². The first-order chi connectivity index (χ1) is 7.31. The molecule has 1 aromatic heterocycles. The highest BCUT2D eigenvalue weighted by atomic mass is 19.1. The van der Waals surface area contributed by atoms with Gasteiger partial charge in [-0.25, -0.2) is 4.39 Å². The average Bonchev–Trinajstić information content (AvgIpc) is 2.68. The van der Waals surface area contributed by atoms with Crippen molar-refractivity contribution in [2.75, 3.05) is 6.54 Å². The second-order valence-corrected chi connectivity index (χ2v) is 3.03. The third-order valence-corrected chi connectivity index (χ3v) is 1.94. The molecule has 0 aliphatic heterocycles. The van der Waals surface area contributed by atoms with Crippen molar-refractivity contribution in [3.05, 3.63) is 35.9 Å². The Kier molecular flexibility index (Phi) is 2.73. The molecule has 0 saturated heterocycles. The molecule has 0 unspecified atom stereocenters. The van der Waals surface area contributed by atoms with Crippen molar-refractivity contribution in [1.29, 1.82) is 0 Å². The highest BCUT2D eigenvalue weighted by molar-refractivity contribution is 5.53. The molecule has 1 aromatic carbocycles. The normalized spacial score (nSPS) is 10.5. The Bertz CT molecular complexity index is 455. The SMILES string of the molecule is NCCc1noc(-c2ccccc2F)n1. The standard InChI is InChI=1S/C10H10FN3O/c11-8-4-2-1-3-7(8)10-13-9(5-6-12)14-15-10/h1-4H,5-6,12H2. The minimum absolute atomic E-state index is 0.191. The first-order valence-electron chi connectivity index (χ1n) is 4.59. The second kappa shape index (κ2) is 4.18. The second-order valence-electron chi connectivity index (χ2n) is 3.03. The zero-order chi connectivity index (χ0) is 10.7. The van der Waals surface area contributed by atoms with Gasteiger partial charge in [-0.3, -0.25) is 0 Å². The predicted octanol–water partition coefficient (Wildman–Crippen LogP) is 1.38. The Morgan fingerprint density at radius 2 is 2.13 bits per heavy atom. The van der Waals surface area contributed by atoms with Gasteiger partial charge in [-0.15, -0.1) is 0 Å². The van der Waals surface area contributed by atoms with Gasteiger partial charge in [0.2, 0.25) is 0 Å². The van der Waals surface area contributed by atoms with Gasteiger partial charge in [0.05, 0.1) is 5.56 Å². The van der Waals surface area contributed by atoms with E-state index in [2.05, 4.69) is 10.1 Å². The Morgan fingerprint density at radius 1 is 1.33 bits per heavy atom.